The van der Waals surface area contributed by atoms with Crippen LogP contribution in [-0.4, -0.2) is 19.6 Å². The predicted molar refractivity (Wildman–Crippen MR) is 67.2 cm³/mol. The molecule has 0 unspecified atom stereocenters. The Morgan fingerprint density at radius 3 is 2.56 bits per heavy atom. The Kier molecular flexibility index (Phi) is 4.66. The third-order valence-electron chi connectivity index (χ3n) is 2.28. The third-order valence-corrected chi connectivity index (χ3v) is 2.76. The highest BCUT2D eigenvalue weighted by Gasteiger charge is 2.19. The summed E-state index contributed by atoms with van der Waals surface area (Å²) in [5.41, 5.74) is 0.471. The van der Waals surface area contributed by atoms with Crippen LogP contribution in [-0.2, 0) is 16.5 Å². The highest BCUT2D eigenvalue weighted by atomic mass is 32.2. The molecule has 0 aliphatic carbocycles. The summed E-state index contributed by atoms with van der Waals surface area (Å²) in [7, 11) is -3.77. The first kappa shape index (κ1) is 14.4. The lowest BCUT2D eigenvalue weighted by Gasteiger charge is -2.06. The number of rotatable bonds is 6. The van der Waals surface area contributed by atoms with E-state index in [-0.39, 0.29) is 11.4 Å². The maximum atomic E-state index is 11.0. The number of hydrogen-bond acceptors (Lipinski definition) is 5. The number of nitrogens with zero attached hydrogens (tertiary/aromatic N) is 1. The van der Waals surface area contributed by atoms with Gasteiger partial charge in [-0.2, -0.15) is 8.42 Å². The standard InChI is InChI=1S/C11H15NO5S/c1-3-4-5-9-6-7-11(17-18(2,15)16)10(8-9)12(13)14/h6-8H,3-5H2,1-2H3. The molecule has 0 atom stereocenters. The molecule has 0 amide bonds. The molecule has 0 aliphatic heterocycles. The lowest BCUT2D eigenvalue weighted by molar-refractivity contribution is -0.385. The van der Waals surface area contributed by atoms with Crippen LogP contribution in [0.3, 0.4) is 0 Å². The number of unbranched alkanes of at least 4 members (excludes halogenated alkanes) is 1. The van der Waals surface area contributed by atoms with Crippen molar-refractivity contribution in [3.63, 3.8) is 0 Å². The van der Waals surface area contributed by atoms with Crippen LogP contribution in [0.1, 0.15) is 25.3 Å². The fourth-order valence-electron chi connectivity index (χ4n) is 1.48. The van der Waals surface area contributed by atoms with Gasteiger partial charge in [-0.25, -0.2) is 0 Å². The maximum Gasteiger partial charge on any atom is 0.312 e. The van der Waals surface area contributed by atoms with Crippen LogP contribution in [0.4, 0.5) is 5.69 Å². The second-order valence-electron chi connectivity index (χ2n) is 3.95. The second-order valence-corrected chi connectivity index (χ2v) is 5.53. The quantitative estimate of drug-likeness (QED) is 0.451. The van der Waals surface area contributed by atoms with Gasteiger partial charge in [-0.05, 0) is 24.5 Å². The zero-order valence-corrected chi connectivity index (χ0v) is 11.1. The van der Waals surface area contributed by atoms with E-state index in [2.05, 4.69) is 4.18 Å². The molecule has 0 N–H and O–H groups in total. The molecule has 0 spiro atoms. The first-order valence-corrected chi connectivity index (χ1v) is 7.32. The Hall–Kier alpha value is -1.63. The summed E-state index contributed by atoms with van der Waals surface area (Å²) in [5.74, 6) is -0.247. The van der Waals surface area contributed by atoms with E-state index in [0.717, 1.165) is 31.1 Å². The number of benzene rings is 1. The molecular weight excluding hydrogens is 258 g/mol. The van der Waals surface area contributed by atoms with E-state index in [9.17, 15) is 18.5 Å². The van der Waals surface area contributed by atoms with Crippen molar-refractivity contribution >= 4 is 15.8 Å². The molecular formula is C11H15NO5S. The number of hydrogen-bond donors (Lipinski definition) is 0. The zero-order chi connectivity index (χ0) is 13.8. The van der Waals surface area contributed by atoms with Gasteiger partial charge in [0.05, 0.1) is 11.2 Å². The predicted octanol–water partition coefficient (Wildman–Crippen LogP) is 2.28. The monoisotopic (exact) mass is 273 g/mol. The molecule has 0 heterocycles. The molecule has 0 saturated carbocycles. The van der Waals surface area contributed by atoms with E-state index >= 15 is 0 Å². The summed E-state index contributed by atoms with van der Waals surface area (Å²) in [6, 6.07) is 4.32. The number of nitro benzene ring substituents is 1. The van der Waals surface area contributed by atoms with Crippen molar-refractivity contribution in [2.24, 2.45) is 0 Å². The van der Waals surface area contributed by atoms with Gasteiger partial charge >= 0.3 is 15.8 Å². The van der Waals surface area contributed by atoms with Crippen molar-refractivity contribution in [2.45, 2.75) is 26.2 Å². The lowest BCUT2D eigenvalue weighted by Crippen LogP contribution is -2.07. The van der Waals surface area contributed by atoms with Gasteiger partial charge in [0, 0.05) is 6.07 Å². The Morgan fingerprint density at radius 1 is 1.39 bits per heavy atom. The number of aryl methyl sites for hydroxylation is 1. The van der Waals surface area contributed by atoms with Crippen LogP contribution in [0.2, 0.25) is 0 Å². The Morgan fingerprint density at radius 2 is 2.06 bits per heavy atom. The molecule has 7 heteroatoms. The minimum atomic E-state index is -3.77. The SMILES string of the molecule is CCCCc1ccc(OS(C)(=O)=O)c([N+](=O)[O-])c1. The van der Waals surface area contributed by atoms with E-state index in [1.165, 1.54) is 12.1 Å². The average Bonchev–Trinajstić information content (AvgIpc) is 2.25. The largest absolute Gasteiger partial charge is 0.375 e. The molecule has 0 aliphatic rings. The molecule has 18 heavy (non-hydrogen) atoms. The molecule has 0 radical (unpaired) electrons. The van der Waals surface area contributed by atoms with Crippen LogP contribution in [0, 0.1) is 10.1 Å². The van der Waals surface area contributed by atoms with E-state index in [1.54, 1.807) is 6.07 Å². The van der Waals surface area contributed by atoms with Crippen molar-refractivity contribution in [1.29, 1.82) is 0 Å². The van der Waals surface area contributed by atoms with Gasteiger partial charge in [-0.1, -0.05) is 19.4 Å². The summed E-state index contributed by atoms with van der Waals surface area (Å²) < 4.78 is 26.6. The normalized spacial score (nSPS) is 11.2. The first-order valence-electron chi connectivity index (χ1n) is 5.50. The molecule has 0 saturated heterocycles. The fourth-order valence-corrected chi connectivity index (χ4v) is 1.94. The van der Waals surface area contributed by atoms with Crippen LogP contribution in [0.5, 0.6) is 5.75 Å². The Labute approximate surface area is 106 Å². The van der Waals surface area contributed by atoms with Gasteiger partial charge in [0.25, 0.3) is 0 Å². The highest BCUT2D eigenvalue weighted by molar-refractivity contribution is 7.86. The second kappa shape index (κ2) is 5.81. The molecule has 0 aromatic heterocycles. The van der Waals surface area contributed by atoms with Gasteiger partial charge in [-0.15, -0.1) is 0 Å². The van der Waals surface area contributed by atoms with Crippen LogP contribution >= 0.6 is 0 Å². The van der Waals surface area contributed by atoms with Gasteiger partial charge in [-0.3, -0.25) is 10.1 Å². The molecule has 1 rings (SSSR count). The smallest absolute Gasteiger partial charge is 0.312 e. The summed E-state index contributed by atoms with van der Waals surface area (Å²) in [6.45, 7) is 2.02. The Balaban J connectivity index is 3.08. The Bertz CT molecular complexity index is 538. The van der Waals surface area contributed by atoms with E-state index < -0.39 is 15.0 Å². The van der Waals surface area contributed by atoms with Crippen molar-refractivity contribution in [3.8, 4) is 5.75 Å². The van der Waals surface area contributed by atoms with Gasteiger partial charge in [0.2, 0.25) is 5.75 Å². The number of nitro groups is 1. The highest BCUT2D eigenvalue weighted by Crippen LogP contribution is 2.29. The van der Waals surface area contributed by atoms with Crippen LogP contribution in [0.25, 0.3) is 0 Å². The maximum absolute atomic E-state index is 11.0. The van der Waals surface area contributed by atoms with Gasteiger partial charge in [0.15, 0.2) is 0 Å². The van der Waals surface area contributed by atoms with E-state index in [4.69, 9.17) is 0 Å². The summed E-state index contributed by atoms with van der Waals surface area (Å²) >= 11 is 0. The van der Waals surface area contributed by atoms with Gasteiger partial charge < -0.3 is 4.18 Å². The first-order chi connectivity index (χ1) is 8.33. The fraction of sp³-hybridized carbons (Fsp3) is 0.455. The molecule has 6 nitrogen and oxygen atoms in total. The van der Waals surface area contributed by atoms with Crippen molar-refractivity contribution in [3.05, 3.63) is 33.9 Å². The molecule has 0 bridgehead atoms. The summed E-state index contributed by atoms with van der Waals surface area (Å²) in [4.78, 5) is 10.2. The van der Waals surface area contributed by atoms with Crippen LogP contribution in [0.15, 0.2) is 18.2 Å². The lowest BCUT2D eigenvalue weighted by atomic mass is 10.1. The van der Waals surface area contributed by atoms with Crippen molar-refractivity contribution in [2.75, 3.05) is 6.26 Å². The van der Waals surface area contributed by atoms with Crippen molar-refractivity contribution < 1.29 is 17.5 Å². The molecule has 100 valence electrons. The minimum absolute atomic E-state index is 0.247. The summed E-state index contributed by atoms with van der Waals surface area (Å²) in [5, 5.41) is 10.9. The van der Waals surface area contributed by atoms with E-state index in [1.807, 2.05) is 6.92 Å². The third kappa shape index (κ3) is 4.33. The molecule has 1 aromatic carbocycles. The minimum Gasteiger partial charge on any atom is -0.375 e. The summed E-state index contributed by atoms with van der Waals surface area (Å²) in [6.07, 6.45) is 3.47. The van der Waals surface area contributed by atoms with E-state index in [0.29, 0.717) is 0 Å². The van der Waals surface area contributed by atoms with Crippen LogP contribution < -0.4 is 4.18 Å². The molecule has 0 fully saturated rings. The average molecular weight is 273 g/mol. The topological polar surface area (TPSA) is 86.5 Å². The van der Waals surface area contributed by atoms with Gasteiger partial charge in [0.1, 0.15) is 0 Å². The van der Waals surface area contributed by atoms with Crippen molar-refractivity contribution in [1.82, 2.24) is 0 Å². The zero-order valence-electron chi connectivity index (χ0n) is 10.3. The molecule has 1 aromatic rings.